The van der Waals surface area contributed by atoms with Crippen LogP contribution < -0.4 is 5.73 Å². The van der Waals surface area contributed by atoms with E-state index in [1.54, 1.807) is 0 Å². The number of nitrogens with two attached hydrogens (primary N) is 1. The van der Waals surface area contributed by atoms with E-state index in [4.69, 9.17) is 10.2 Å². The first kappa shape index (κ1) is 9.91. The molecule has 1 fully saturated rings. The standard InChI is InChI=1S/C14H17NO/c1-9-11(6-7-12(9)15)14-8-10-4-2-3-5-13(10)16-14/h2-5,8-9,11-12H,6-7,15H2,1H3. The first-order valence-corrected chi connectivity index (χ1v) is 6.00. The average Bonchev–Trinajstić information content (AvgIpc) is 2.84. The summed E-state index contributed by atoms with van der Waals surface area (Å²) in [4.78, 5) is 0. The Morgan fingerprint density at radius 3 is 2.75 bits per heavy atom. The Balaban J connectivity index is 2.00. The fourth-order valence-corrected chi connectivity index (χ4v) is 2.78. The summed E-state index contributed by atoms with van der Waals surface area (Å²) in [6.07, 6.45) is 2.27. The predicted molar refractivity (Wildman–Crippen MR) is 65.3 cm³/mol. The molecule has 16 heavy (non-hydrogen) atoms. The van der Waals surface area contributed by atoms with Gasteiger partial charge in [-0.3, -0.25) is 0 Å². The molecule has 2 N–H and O–H groups in total. The summed E-state index contributed by atoms with van der Waals surface area (Å²) >= 11 is 0. The van der Waals surface area contributed by atoms with Gasteiger partial charge in [0.05, 0.1) is 0 Å². The van der Waals surface area contributed by atoms with Gasteiger partial charge in [-0.15, -0.1) is 0 Å². The third kappa shape index (κ3) is 1.45. The number of furan rings is 1. The largest absolute Gasteiger partial charge is 0.461 e. The van der Waals surface area contributed by atoms with Gasteiger partial charge in [-0.25, -0.2) is 0 Å². The smallest absolute Gasteiger partial charge is 0.134 e. The van der Waals surface area contributed by atoms with Crippen molar-refractivity contribution in [2.45, 2.75) is 31.7 Å². The SMILES string of the molecule is CC1C(N)CCC1c1cc2ccccc2o1. The molecule has 1 aliphatic rings. The summed E-state index contributed by atoms with van der Waals surface area (Å²) in [7, 11) is 0. The van der Waals surface area contributed by atoms with E-state index in [0.717, 1.165) is 24.2 Å². The van der Waals surface area contributed by atoms with Gasteiger partial charge < -0.3 is 10.2 Å². The molecule has 0 bridgehead atoms. The number of rotatable bonds is 1. The van der Waals surface area contributed by atoms with Gasteiger partial charge in [-0.2, -0.15) is 0 Å². The van der Waals surface area contributed by atoms with Crippen LogP contribution in [0, 0.1) is 5.92 Å². The van der Waals surface area contributed by atoms with Crippen LogP contribution in [-0.2, 0) is 0 Å². The number of hydrogen-bond acceptors (Lipinski definition) is 2. The first-order chi connectivity index (χ1) is 7.75. The Kier molecular flexibility index (Phi) is 2.25. The zero-order valence-electron chi connectivity index (χ0n) is 9.52. The van der Waals surface area contributed by atoms with Gasteiger partial charge in [0, 0.05) is 17.3 Å². The lowest BCUT2D eigenvalue weighted by Crippen LogP contribution is -2.24. The molecular weight excluding hydrogens is 198 g/mol. The van der Waals surface area contributed by atoms with Crippen molar-refractivity contribution in [3.05, 3.63) is 36.1 Å². The van der Waals surface area contributed by atoms with Gasteiger partial charge in [-0.1, -0.05) is 25.1 Å². The van der Waals surface area contributed by atoms with E-state index in [9.17, 15) is 0 Å². The van der Waals surface area contributed by atoms with Crippen molar-refractivity contribution in [1.29, 1.82) is 0 Å². The van der Waals surface area contributed by atoms with Crippen LogP contribution >= 0.6 is 0 Å². The van der Waals surface area contributed by atoms with E-state index in [0.29, 0.717) is 17.9 Å². The van der Waals surface area contributed by atoms with Crippen molar-refractivity contribution in [3.63, 3.8) is 0 Å². The third-order valence-electron chi connectivity index (χ3n) is 3.93. The first-order valence-electron chi connectivity index (χ1n) is 6.00. The van der Waals surface area contributed by atoms with Crippen molar-refractivity contribution in [2.24, 2.45) is 11.7 Å². The van der Waals surface area contributed by atoms with E-state index in [1.807, 2.05) is 18.2 Å². The Labute approximate surface area is 95.4 Å². The number of benzene rings is 1. The molecule has 84 valence electrons. The Morgan fingerprint density at radius 1 is 1.25 bits per heavy atom. The molecule has 2 heteroatoms. The van der Waals surface area contributed by atoms with Crippen molar-refractivity contribution in [3.8, 4) is 0 Å². The van der Waals surface area contributed by atoms with Crippen LogP contribution in [0.4, 0.5) is 0 Å². The zero-order chi connectivity index (χ0) is 11.1. The number of fused-ring (bicyclic) bond motifs is 1. The van der Waals surface area contributed by atoms with Crippen LogP contribution in [0.15, 0.2) is 34.7 Å². The van der Waals surface area contributed by atoms with E-state index < -0.39 is 0 Å². The van der Waals surface area contributed by atoms with Crippen molar-refractivity contribution in [2.75, 3.05) is 0 Å². The molecule has 1 saturated carbocycles. The second-order valence-corrected chi connectivity index (χ2v) is 4.89. The normalized spacial score (nSPS) is 30.0. The molecule has 0 radical (unpaired) electrons. The van der Waals surface area contributed by atoms with Crippen LogP contribution in [0.5, 0.6) is 0 Å². The third-order valence-corrected chi connectivity index (χ3v) is 3.93. The second kappa shape index (κ2) is 3.63. The molecular formula is C14H17NO. The van der Waals surface area contributed by atoms with Crippen molar-refractivity contribution in [1.82, 2.24) is 0 Å². The maximum Gasteiger partial charge on any atom is 0.134 e. The van der Waals surface area contributed by atoms with Gasteiger partial charge in [0.2, 0.25) is 0 Å². The lowest BCUT2D eigenvalue weighted by Gasteiger charge is -2.15. The van der Waals surface area contributed by atoms with E-state index in [-0.39, 0.29) is 0 Å². The topological polar surface area (TPSA) is 39.2 Å². The minimum Gasteiger partial charge on any atom is -0.461 e. The molecule has 0 amide bonds. The van der Waals surface area contributed by atoms with Gasteiger partial charge in [0.25, 0.3) is 0 Å². The fourth-order valence-electron chi connectivity index (χ4n) is 2.78. The monoisotopic (exact) mass is 215 g/mol. The van der Waals surface area contributed by atoms with Crippen molar-refractivity contribution < 1.29 is 4.42 Å². The van der Waals surface area contributed by atoms with Gasteiger partial charge in [0.15, 0.2) is 0 Å². The molecule has 0 spiro atoms. The maximum atomic E-state index is 6.06. The lowest BCUT2D eigenvalue weighted by atomic mass is 9.94. The highest BCUT2D eigenvalue weighted by Gasteiger charge is 2.33. The molecule has 1 aromatic carbocycles. The molecule has 3 rings (SSSR count). The molecule has 2 aromatic rings. The van der Waals surface area contributed by atoms with Crippen LogP contribution in [0.3, 0.4) is 0 Å². The number of hydrogen-bond donors (Lipinski definition) is 1. The van der Waals surface area contributed by atoms with Crippen LogP contribution in [0.25, 0.3) is 11.0 Å². The molecule has 0 aliphatic heterocycles. The van der Waals surface area contributed by atoms with Crippen LogP contribution in [-0.4, -0.2) is 6.04 Å². The molecule has 3 atom stereocenters. The molecule has 1 aromatic heterocycles. The predicted octanol–water partition coefficient (Wildman–Crippen LogP) is 3.27. The maximum absolute atomic E-state index is 6.06. The van der Waals surface area contributed by atoms with E-state index in [1.165, 1.54) is 5.39 Å². The summed E-state index contributed by atoms with van der Waals surface area (Å²) in [6.45, 7) is 2.23. The van der Waals surface area contributed by atoms with Crippen LogP contribution in [0.1, 0.15) is 31.4 Å². The van der Waals surface area contributed by atoms with Gasteiger partial charge in [-0.05, 0) is 30.9 Å². The molecule has 3 unspecified atom stereocenters. The summed E-state index contributed by atoms with van der Waals surface area (Å²) < 4.78 is 5.92. The zero-order valence-corrected chi connectivity index (χ0v) is 9.52. The average molecular weight is 215 g/mol. The minimum absolute atomic E-state index is 0.332. The molecule has 2 nitrogen and oxygen atoms in total. The molecule has 1 aliphatic carbocycles. The summed E-state index contributed by atoms with van der Waals surface area (Å²) in [5, 5.41) is 1.20. The number of para-hydroxylation sites is 1. The summed E-state index contributed by atoms with van der Waals surface area (Å²) in [5.74, 6) is 2.14. The van der Waals surface area contributed by atoms with Gasteiger partial charge >= 0.3 is 0 Å². The molecule has 0 saturated heterocycles. The fraction of sp³-hybridized carbons (Fsp3) is 0.429. The Bertz CT molecular complexity index is 469. The van der Waals surface area contributed by atoms with Gasteiger partial charge in [0.1, 0.15) is 11.3 Å². The Hall–Kier alpha value is -1.28. The Morgan fingerprint density at radius 2 is 2.06 bits per heavy atom. The second-order valence-electron chi connectivity index (χ2n) is 4.89. The lowest BCUT2D eigenvalue weighted by molar-refractivity contribution is 0.412. The molecule has 1 heterocycles. The highest BCUT2D eigenvalue weighted by atomic mass is 16.3. The summed E-state index contributed by atoms with van der Waals surface area (Å²) in [6, 6.07) is 10.7. The minimum atomic E-state index is 0.332. The van der Waals surface area contributed by atoms with E-state index in [2.05, 4.69) is 19.1 Å². The highest BCUT2D eigenvalue weighted by molar-refractivity contribution is 5.77. The van der Waals surface area contributed by atoms with Crippen molar-refractivity contribution >= 4 is 11.0 Å². The quantitative estimate of drug-likeness (QED) is 0.793. The van der Waals surface area contributed by atoms with E-state index >= 15 is 0 Å². The summed E-state index contributed by atoms with van der Waals surface area (Å²) in [5.41, 5.74) is 7.05. The highest BCUT2D eigenvalue weighted by Crippen LogP contribution is 2.40. The van der Waals surface area contributed by atoms with Crippen LogP contribution in [0.2, 0.25) is 0 Å².